The largest absolute Gasteiger partial charge is 0.489 e. The van der Waals surface area contributed by atoms with Gasteiger partial charge in [0.05, 0.1) is 13.2 Å². The van der Waals surface area contributed by atoms with Crippen molar-refractivity contribution in [1.29, 1.82) is 0 Å². The van der Waals surface area contributed by atoms with Crippen LogP contribution in [-0.2, 0) is 0 Å². The molecule has 6 heteroatoms. The molecule has 0 amide bonds. The van der Waals surface area contributed by atoms with Crippen molar-refractivity contribution in [3.63, 3.8) is 0 Å². The summed E-state index contributed by atoms with van der Waals surface area (Å²) in [7, 11) is 0. The van der Waals surface area contributed by atoms with E-state index in [4.69, 9.17) is 19.7 Å². The molecule has 1 aromatic carbocycles. The Labute approximate surface area is 124 Å². The summed E-state index contributed by atoms with van der Waals surface area (Å²) in [4.78, 5) is 0. The fourth-order valence-electron chi connectivity index (χ4n) is 2.34. The lowest BCUT2D eigenvalue weighted by Gasteiger charge is -2.09. The van der Waals surface area contributed by atoms with E-state index in [2.05, 4.69) is 21.1 Å². The number of anilines is 1. The smallest absolute Gasteiger partial charge is 0.222 e. The van der Waals surface area contributed by atoms with Gasteiger partial charge in [-0.25, -0.2) is 0 Å². The molecule has 2 aromatic rings. The Morgan fingerprint density at radius 1 is 1.10 bits per heavy atom. The molecule has 1 spiro atoms. The number of aromatic nitrogens is 1. The zero-order chi connectivity index (χ0) is 13.7. The lowest BCUT2D eigenvalue weighted by Crippen LogP contribution is -2.17. The number of benzene rings is 1. The highest BCUT2D eigenvalue weighted by atomic mass is 79.9. The van der Waals surface area contributed by atoms with Crippen molar-refractivity contribution in [2.24, 2.45) is 5.41 Å². The molecule has 0 saturated heterocycles. The second-order valence-corrected chi connectivity index (χ2v) is 6.32. The Kier molecular flexibility index (Phi) is 2.51. The van der Waals surface area contributed by atoms with E-state index in [1.165, 1.54) is 12.8 Å². The molecule has 2 N–H and O–H groups in total. The predicted molar refractivity (Wildman–Crippen MR) is 76.7 cm³/mol. The van der Waals surface area contributed by atoms with E-state index < -0.39 is 0 Å². The van der Waals surface area contributed by atoms with Gasteiger partial charge in [0.25, 0.3) is 0 Å². The number of rotatable bonds is 1. The Morgan fingerprint density at radius 2 is 1.80 bits per heavy atom. The van der Waals surface area contributed by atoms with Gasteiger partial charge in [0.15, 0.2) is 11.5 Å². The maximum absolute atomic E-state index is 5.91. The van der Waals surface area contributed by atoms with Crippen LogP contribution in [0.5, 0.6) is 11.5 Å². The van der Waals surface area contributed by atoms with Crippen molar-refractivity contribution in [2.45, 2.75) is 12.8 Å². The number of fused-ring (bicyclic) bond motifs is 1. The molecule has 2 heterocycles. The van der Waals surface area contributed by atoms with E-state index in [-0.39, 0.29) is 11.3 Å². The third-order valence-corrected chi connectivity index (χ3v) is 4.52. The van der Waals surface area contributed by atoms with Gasteiger partial charge in [-0.2, -0.15) is 0 Å². The van der Waals surface area contributed by atoms with Crippen molar-refractivity contribution >= 4 is 21.8 Å². The van der Waals surface area contributed by atoms with Gasteiger partial charge in [-0.1, -0.05) is 5.16 Å². The van der Waals surface area contributed by atoms with Crippen molar-refractivity contribution in [3.8, 4) is 22.8 Å². The first kappa shape index (κ1) is 12.1. The predicted octanol–water partition coefficient (Wildman–Crippen LogP) is 3.24. The molecule has 1 fully saturated rings. The molecule has 2 aliphatic rings. The molecule has 104 valence electrons. The minimum Gasteiger partial charge on any atom is -0.489 e. The van der Waals surface area contributed by atoms with Crippen LogP contribution in [0.25, 0.3) is 11.3 Å². The fourth-order valence-corrected chi connectivity index (χ4v) is 2.87. The molecule has 1 aromatic heterocycles. The maximum Gasteiger partial charge on any atom is 0.222 e. The number of halogens is 1. The Balaban J connectivity index is 1.74. The summed E-state index contributed by atoms with van der Waals surface area (Å²) < 4.78 is 17.6. The summed E-state index contributed by atoms with van der Waals surface area (Å²) in [5.74, 6) is 1.80. The number of hydrogen-bond donors (Lipinski definition) is 1. The van der Waals surface area contributed by atoms with Gasteiger partial charge in [-0.15, -0.1) is 0 Å². The monoisotopic (exact) mass is 336 g/mol. The van der Waals surface area contributed by atoms with Crippen molar-refractivity contribution in [1.82, 2.24) is 5.16 Å². The first-order valence-electron chi connectivity index (χ1n) is 6.47. The summed E-state index contributed by atoms with van der Waals surface area (Å²) in [6.45, 7) is 1.44. The van der Waals surface area contributed by atoms with Gasteiger partial charge in [0.1, 0.15) is 5.69 Å². The van der Waals surface area contributed by atoms with Crippen LogP contribution in [0.2, 0.25) is 0 Å². The number of hydrogen-bond acceptors (Lipinski definition) is 5. The molecule has 0 atom stereocenters. The van der Waals surface area contributed by atoms with Gasteiger partial charge in [0.2, 0.25) is 5.88 Å². The SMILES string of the molecule is Nc1cc(-c2cc3c(cc2Br)OCC2(CC2)CO3)no1. The van der Waals surface area contributed by atoms with E-state index in [1.54, 1.807) is 6.07 Å². The quantitative estimate of drug-likeness (QED) is 0.865. The van der Waals surface area contributed by atoms with Gasteiger partial charge < -0.3 is 19.7 Å². The molecular weight excluding hydrogens is 324 g/mol. The van der Waals surface area contributed by atoms with Crippen LogP contribution in [0, 0.1) is 5.41 Å². The third-order valence-electron chi connectivity index (χ3n) is 3.86. The van der Waals surface area contributed by atoms with Crippen LogP contribution in [0.1, 0.15) is 12.8 Å². The van der Waals surface area contributed by atoms with E-state index in [0.29, 0.717) is 12.3 Å². The minimum atomic E-state index is 0.226. The summed E-state index contributed by atoms with van der Waals surface area (Å²) in [5.41, 5.74) is 7.35. The molecule has 0 unspecified atom stereocenters. The van der Waals surface area contributed by atoms with Crippen LogP contribution in [0.3, 0.4) is 0 Å². The zero-order valence-electron chi connectivity index (χ0n) is 10.7. The zero-order valence-corrected chi connectivity index (χ0v) is 12.3. The van der Waals surface area contributed by atoms with E-state index in [0.717, 1.165) is 28.1 Å². The number of nitrogen functional groups attached to an aromatic ring is 1. The molecule has 0 radical (unpaired) electrons. The Hall–Kier alpha value is -1.69. The van der Waals surface area contributed by atoms with Crippen molar-refractivity contribution in [3.05, 3.63) is 22.7 Å². The van der Waals surface area contributed by atoms with Crippen LogP contribution >= 0.6 is 15.9 Å². The van der Waals surface area contributed by atoms with Crippen LogP contribution in [-0.4, -0.2) is 18.4 Å². The topological polar surface area (TPSA) is 70.5 Å². The van der Waals surface area contributed by atoms with E-state index >= 15 is 0 Å². The molecule has 1 aliphatic heterocycles. The maximum atomic E-state index is 5.91. The van der Waals surface area contributed by atoms with Gasteiger partial charge >= 0.3 is 0 Å². The molecular formula is C14H13BrN2O3. The van der Waals surface area contributed by atoms with Crippen LogP contribution in [0.15, 0.2) is 27.2 Å². The Morgan fingerprint density at radius 3 is 2.40 bits per heavy atom. The lowest BCUT2D eigenvalue weighted by atomic mass is 10.1. The molecule has 5 nitrogen and oxygen atoms in total. The normalized spacial score (nSPS) is 18.9. The average molecular weight is 337 g/mol. The highest BCUT2D eigenvalue weighted by Gasteiger charge is 2.46. The standard InChI is InChI=1S/C14H13BrN2O3/c15-9-4-12-11(18-6-14(1-2-14)7-19-12)3-8(9)10-5-13(16)20-17-10/h3-5H,1-2,6-7,16H2. The van der Waals surface area contributed by atoms with Crippen LogP contribution < -0.4 is 15.2 Å². The summed E-state index contributed by atoms with van der Waals surface area (Å²) >= 11 is 3.53. The second-order valence-electron chi connectivity index (χ2n) is 5.47. The van der Waals surface area contributed by atoms with Crippen molar-refractivity contribution < 1.29 is 14.0 Å². The van der Waals surface area contributed by atoms with Gasteiger partial charge in [0, 0.05) is 21.5 Å². The molecule has 4 rings (SSSR count). The minimum absolute atomic E-state index is 0.226. The molecule has 20 heavy (non-hydrogen) atoms. The van der Waals surface area contributed by atoms with Gasteiger partial charge in [-0.3, -0.25) is 0 Å². The second kappa shape index (κ2) is 4.15. The molecule has 0 bridgehead atoms. The Bertz CT molecular complexity index is 679. The number of nitrogens with zero attached hydrogens (tertiary/aromatic N) is 1. The summed E-state index contributed by atoms with van der Waals surface area (Å²) in [6.07, 6.45) is 2.35. The third kappa shape index (κ3) is 1.95. The average Bonchev–Trinajstić information content (AvgIpc) is 3.13. The summed E-state index contributed by atoms with van der Waals surface area (Å²) in [6, 6.07) is 5.52. The first-order valence-corrected chi connectivity index (χ1v) is 7.26. The van der Waals surface area contributed by atoms with E-state index in [9.17, 15) is 0 Å². The van der Waals surface area contributed by atoms with Gasteiger partial charge in [-0.05, 0) is 40.9 Å². The first-order chi connectivity index (χ1) is 9.65. The number of nitrogens with two attached hydrogens (primary N) is 1. The number of ether oxygens (including phenoxy) is 2. The molecule has 1 aliphatic carbocycles. The fraction of sp³-hybridized carbons (Fsp3) is 0.357. The highest BCUT2D eigenvalue weighted by molar-refractivity contribution is 9.10. The van der Waals surface area contributed by atoms with Crippen LogP contribution in [0.4, 0.5) is 5.88 Å². The lowest BCUT2D eigenvalue weighted by molar-refractivity contribution is 0.197. The summed E-state index contributed by atoms with van der Waals surface area (Å²) in [5, 5.41) is 3.93. The van der Waals surface area contributed by atoms with Crippen molar-refractivity contribution in [2.75, 3.05) is 18.9 Å². The highest BCUT2D eigenvalue weighted by Crippen LogP contribution is 2.50. The van der Waals surface area contributed by atoms with E-state index in [1.807, 2.05) is 12.1 Å². The molecule has 1 saturated carbocycles.